The molecule has 0 saturated carbocycles. The normalized spacial score (nSPS) is 11.1. The molecule has 0 bridgehead atoms. The zero-order valence-electron chi connectivity index (χ0n) is 12.4. The summed E-state index contributed by atoms with van der Waals surface area (Å²) in [6.45, 7) is 4.93. The lowest BCUT2D eigenvalue weighted by Crippen LogP contribution is -2.41. The van der Waals surface area contributed by atoms with Crippen LogP contribution in [0.3, 0.4) is 0 Å². The molecule has 0 atom stereocenters. The van der Waals surface area contributed by atoms with Gasteiger partial charge in [-0.3, -0.25) is 9.69 Å². The van der Waals surface area contributed by atoms with E-state index in [-0.39, 0.29) is 25.5 Å². The maximum absolute atomic E-state index is 12.2. The van der Waals surface area contributed by atoms with Crippen LogP contribution in [0.25, 0.3) is 0 Å². The Morgan fingerprint density at radius 3 is 2.52 bits per heavy atom. The molecule has 0 aliphatic carbocycles. The van der Waals surface area contributed by atoms with Crippen molar-refractivity contribution in [2.24, 2.45) is 0 Å². The van der Waals surface area contributed by atoms with E-state index < -0.39 is 11.7 Å². The van der Waals surface area contributed by atoms with Crippen LogP contribution in [0.5, 0.6) is 0 Å². The first-order chi connectivity index (χ1) is 9.73. The van der Waals surface area contributed by atoms with Gasteiger partial charge in [0.2, 0.25) is 0 Å². The molecule has 0 aromatic heterocycles. The summed E-state index contributed by atoms with van der Waals surface area (Å²) in [5.41, 5.74) is -0.153. The zero-order valence-corrected chi connectivity index (χ0v) is 14.0. The third-order valence-electron chi connectivity index (χ3n) is 2.50. The van der Waals surface area contributed by atoms with Crippen LogP contribution in [0.2, 0.25) is 0 Å². The molecule has 116 valence electrons. The van der Waals surface area contributed by atoms with E-state index in [1.54, 1.807) is 39.0 Å². The number of ether oxygens (including phenoxy) is 1. The van der Waals surface area contributed by atoms with Crippen molar-refractivity contribution in [3.63, 3.8) is 0 Å². The van der Waals surface area contributed by atoms with Crippen molar-refractivity contribution in [3.8, 4) is 0 Å². The maximum Gasteiger partial charge on any atom is 0.410 e. The van der Waals surface area contributed by atoms with Crippen LogP contribution in [0.15, 0.2) is 28.7 Å². The highest BCUT2D eigenvalue weighted by Crippen LogP contribution is 2.14. The number of Topliss-reactive ketones (excluding diaryl/α,β-unsaturated/α-hetero) is 1. The molecular weight excluding hydrogens is 338 g/mol. The first-order valence-electron chi connectivity index (χ1n) is 6.60. The Kier molecular flexibility index (Phi) is 6.36. The Labute approximate surface area is 133 Å². The van der Waals surface area contributed by atoms with E-state index >= 15 is 0 Å². The summed E-state index contributed by atoms with van der Waals surface area (Å²) >= 11 is 3.30. The van der Waals surface area contributed by atoms with E-state index in [1.165, 1.54) is 4.90 Å². The first kappa shape index (κ1) is 17.7. The van der Waals surface area contributed by atoms with Gasteiger partial charge in [0.05, 0.1) is 13.2 Å². The fourth-order valence-electron chi connectivity index (χ4n) is 1.61. The standard InChI is InChI=1S/C15H20BrNO4/c1-15(2,3)21-14(20)17(7-8-18)10-13(19)11-5-4-6-12(16)9-11/h4-6,9,18H,7-8,10H2,1-3H3. The second kappa shape index (κ2) is 7.56. The van der Waals surface area contributed by atoms with Gasteiger partial charge in [-0.15, -0.1) is 0 Å². The largest absolute Gasteiger partial charge is 0.444 e. The Morgan fingerprint density at radius 2 is 2.00 bits per heavy atom. The minimum atomic E-state index is -0.649. The summed E-state index contributed by atoms with van der Waals surface area (Å²) in [7, 11) is 0. The summed E-state index contributed by atoms with van der Waals surface area (Å²) in [5.74, 6) is -0.212. The van der Waals surface area contributed by atoms with E-state index in [4.69, 9.17) is 9.84 Å². The van der Waals surface area contributed by atoms with Crippen LogP contribution in [0.1, 0.15) is 31.1 Å². The van der Waals surface area contributed by atoms with Crippen molar-refractivity contribution in [1.29, 1.82) is 0 Å². The average molecular weight is 358 g/mol. The molecule has 1 aromatic rings. The SMILES string of the molecule is CC(C)(C)OC(=O)N(CCO)CC(=O)c1cccc(Br)c1. The van der Waals surface area contributed by atoms with Crippen molar-refractivity contribution in [1.82, 2.24) is 4.90 Å². The highest BCUT2D eigenvalue weighted by atomic mass is 79.9. The molecule has 21 heavy (non-hydrogen) atoms. The summed E-state index contributed by atoms with van der Waals surface area (Å²) in [4.78, 5) is 25.4. The highest BCUT2D eigenvalue weighted by Gasteiger charge is 2.24. The van der Waals surface area contributed by atoms with Gasteiger partial charge in [-0.25, -0.2) is 4.79 Å². The molecule has 1 rings (SSSR count). The molecule has 0 aliphatic rings. The number of rotatable bonds is 5. The van der Waals surface area contributed by atoms with Crippen LogP contribution in [0.4, 0.5) is 4.79 Å². The molecule has 1 N–H and O–H groups in total. The molecule has 0 radical (unpaired) electrons. The van der Waals surface area contributed by atoms with E-state index in [0.717, 1.165) is 4.47 Å². The summed E-state index contributed by atoms with van der Waals surface area (Å²) in [5, 5.41) is 9.04. The smallest absolute Gasteiger partial charge is 0.410 e. The summed E-state index contributed by atoms with van der Waals surface area (Å²) in [6, 6.07) is 6.94. The second-order valence-electron chi connectivity index (χ2n) is 5.56. The van der Waals surface area contributed by atoms with Crippen LogP contribution < -0.4 is 0 Å². The second-order valence-corrected chi connectivity index (χ2v) is 6.47. The Hall–Kier alpha value is -1.40. The van der Waals surface area contributed by atoms with Crippen LogP contribution >= 0.6 is 15.9 Å². The number of nitrogens with zero attached hydrogens (tertiary/aromatic N) is 1. The van der Waals surface area contributed by atoms with Gasteiger partial charge in [-0.1, -0.05) is 28.1 Å². The number of hydrogen-bond acceptors (Lipinski definition) is 4. The van der Waals surface area contributed by atoms with E-state index in [1.807, 2.05) is 6.07 Å². The number of carbonyl (C=O) groups excluding carboxylic acids is 2. The highest BCUT2D eigenvalue weighted by molar-refractivity contribution is 9.10. The number of ketones is 1. The fourth-order valence-corrected chi connectivity index (χ4v) is 2.01. The van der Waals surface area contributed by atoms with E-state index in [9.17, 15) is 9.59 Å². The Balaban J connectivity index is 2.78. The van der Waals surface area contributed by atoms with Crippen molar-refractivity contribution >= 4 is 27.8 Å². The number of halogens is 1. The molecular formula is C15H20BrNO4. The average Bonchev–Trinajstić information content (AvgIpc) is 2.36. The molecule has 0 heterocycles. The van der Waals surface area contributed by atoms with Crippen molar-refractivity contribution in [2.75, 3.05) is 19.7 Å². The van der Waals surface area contributed by atoms with Gasteiger partial charge in [0.1, 0.15) is 5.60 Å². The number of carbonyl (C=O) groups is 2. The molecule has 5 nitrogen and oxygen atoms in total. The molecule has 0 aliphatic heterocycles. The molecule has 0 saturated heterocycles. The van der Waals surface area contributed by atoms with Crippen LogP contribution in [-0.4, -0.2) is 47.2 Å². The van der Waals surface area contributed by atoms with Gasteiger partial charge in [0.15, 0.2) is 5.78 Å². The van der Waals surface area contributed by atoms with Gasteiger partial charge in [-0.05, 0) is 32.9 Å². The molecule has 1 amide bonds. The van der Waals surface area contributed by atoms with Gasteiger partial charge in [0.25, 0.3) is 0 Å². The predicted octanol–water partition coefficient (Wildman–Crippen LogP) is 2.86. The molecule has 0 fully saturated rings. The molecule has 1 aromatic carbocycles. The first-order valence-corrected chi connectivity index (χ1v) is 7.40. The molecule has 0 unspecified atom stereocenters. The minimum Gasteiger partial charge on any atom is -0.444 e. The van der Waals surface area contributed by atoms with Crippen LogP contribution in [-0.2, 0) is 4.74 Å². The number of aliphatic hydroxyl groups is 1. The zero-order chi connectivity index (χ0) is 16.0. The van der Waals surface area contributed by atoms with Crippen molar-refractivity contribution in [2.45, 2.75) is 26.4 Å². The van der Waals surface area contributed by atoms with E-state index in [0.29, 0.717) is 5.56 Å². The lowest BCUT2D eigenvalue weighted by molar-refractivity contribution is 0.0218. The number of hydrogen-bond donors (Lipinski definition) is 1. The lowest BCUT2D eigenvalue weighted by Gasteiger charge is -2.26. The van der Waals surface area contributed by atoms with Gasteiger partial charge < -0.3 is 9.84 Å². The summed E-state index contributed by atoms with van der Waals surface area (Å²) < 4.78 is 6.02. The minimum absolute atomic E-state index is 0.0503. The lowest BCUT2D eigenvalue weighted by atomic mass is 10.1. The Morgan fingerprint density at radius 1 is 1.33 bits per heavy atom. The predicted molar refractivity (Wildman–Crippen MR) is 83.4 cm³/mol. The van der Waals surface area contributed by atoms with Crippen molar-refractivity contribution < 1.29 is 19.4 Å². The van der Waals surface area contributed by atoms with Gasteiger partial charge in [0, 0.05) is 16.6 Å². The monoisotopic (exact) mass is 357 g/mol. The maximum atomic E-state index is 12.2. The third kappa shape index (κ3) is 6.27. The molecule has 0 spiro atoms. The fraction of sp³-hybridized carbons (Fsp3) is 0.467. The molecule has 6 heteroatoms. The van der Waals surface area contributed by atoms with Gasteiger partial charge >= 0.3 is 6.09 Å². The summed E-state index contributed by atoms with van der Waals surface area (Å²) in [6.07, 6.45) is -0.611. The quantitative estimate of drug-likeness (QED) is 0.822. The van der Waals surface area contributed by atoms with Gasteiger partial charge in [-0.2, -0.15) is 0 Å². The number of benzene rings is 1. The van der Waals surface area contributed by atoms with E-state index in [2.05, 4.69) is 15.9 Å². The Bertz CT molecular complexity index is 511. The van der Waals surface area contributed by atoms with Crippen molar-refractivity contribution in [3.05, 3.63) is 34.3 Å². The third-order valence-corrected chi connectivity index (χ3v) is 3.00. The number of amides is 1. The topological polar surface area (TPSA) is 66.8 Å². The number of aliphatic hydroxyl groups excluding tert-OH is 1. The van der Waals surface area contributed by atoms with Crippen LogP contribution in [0, 0.1) is 0 Å².